The minimum Gasteiger partial charge on any atom is -0.478 e. The molecule has 4 rings (SSSR count). The molecule has 0 aromatic rings. The number of carbonyl (C=O) groups excluding carboxylic acids is 1. The van der Waals surface area contributed by atoms with Gasteiger partial charge in [0.25, 0.3) is 0 Å². The monoisotopic (exact) mass is 416 g/mol. The highest BCUT2D eigenvalue weighted by molar-refractivity contribution is 5.89. The van der Waals surface area contributed by atoms with Crippen LogP contribution in [0.1, 0.15) is 80.1 Å². The van der Waals surface area contributed by atoms with Gasteiger partial charge in [-0.3, -0.25) is 0 Å². The van der Waals surface area contributed by atoms with Crippen LogP contribution < -0.4 is 0 Å². The maximum absolute atomic E-state index is 13.0. The van der Waals surface area contributed by atoms with Gasteiger partial charge in [-0.05, 0) is 72.5 Å². The molecule has 0 heterocycles. The predicted molar refractivity (Wildman–Crippen MR) is 119 cm³/mol. The van der Waals surface area contributed by atoms with Gasteiger partial charge in [0.2, 0.25) is 0 Å². The number of hydrogen-bond acceptors (Lipinski definition) is 3. The van der Waals surface area contributed by atoms with Gasteiger partial charge >= 0.3 is 11.9 Å². The van der Waals surface area contributed by atoms with Gasteiger partial charge in [-0.25, -0.2) is 9.59 Å². The highest BCUT2D eigenvalue weighted by atomic mass is 16.5. The summed E-state index contributed by atoms with van der Waals surface area (Å²) in [6, 6.07) is 0. The van der Waals surface area contributed by atoms with E-state index in [-0.39, 0.29) is 28.3 Å². The molecule has 0 radical (unpaired) electrons. The maximum Gasteiger partial charge on any atom is 0.333 e. The number of carbonyl (C=O) groups is 2. The first-order chi connectivity index (χ1) is 13.7. The van der Waals surface area contributed by atoms with E-state index in [1.807, 2.05) is 0 Å². The first kappa shape index (κ1) is 23.1. The highest BCUT2D eigenvalue weighted by Crippen LogP contribution is 2.70. The molecule has 30 heavy (non-hydrogen) atoms. The molecular weight excluding hydrogens is 376 g/mol. The summed E-state index contributed by atoms with van der Waals surface area (Å²) in [5, 5.41) is 7.60. The fraction of sp³-hybridized carbons (Fsp3) is 0.769. The molecule has 6 atom stereocenters. The van der Waals surface area contributed by atoms with Crippen molar-refractivity contribution in [1.29, 1.82) is 0 Å². The molecule has 4 aliphatic carbocycles. The molecule has 4 aliphatic rings. The summed E-state index contributed by atoms with van der Waals surface area (Å²) in [6.45, 7) is 21.5. The molecule has 4 heteroatoms. The van der Waals surface area contributed by atoms with Crippen LogP contribution in [0.5, 0.6) is 0 Å². The molecule has 0 spiro atoms. The summed E-state index contributed by atoms with van der Waals surface area (Å²) in [5.41, 5.74) is 1.67. The number of carboxylic acid groups (broad SMARTS) is 1. The van der Waals surface area contributed by atoms with Crippen molar-refractivity contribution in [2.45, 2.75) is 86.2 Å². The van der Waals surface area contributed by atoms with E-state index in [9.17, 15) is 9.59 Å². The Kier molecular flexibility index (Phi) is 5.57. The zero-order chi connectivity index (χ0) is 22.7. The molecule has 168 valence electrons. The molecule has 4 bridgehead atoms. The molecule has 0 aromatic heterocycles. The second kappa shape index (κ2) is 7.24. The van der Waals surface area contributed by atoms with E-state index in [2.05, 4.69) is 54.7 Å². The SMILES string of the molecule is C=C(C(=O)OC1C[C@H]2CC[C@@]1(C)C2(C)C)C1C[C@H]2CC[C@@]1(C)C2(C)C.C=CC(=O)O. The molecule has 0 amide bonds. The summed E-state index contributed by atoms with van der Waals surface area (Å²) >= 11 is 0. The Balaban J connectivity index is 0.000000461. The number of fused-ring (bicyclic) bond motifs is 4. The zero-order valence-corrected chi connectivity index (χ0v) is 19.7. The molecule has 4 saturated carbocycles. The Morgan fingerprint density at radius 3 is 1.73 bits per heavy atom. The molecule has 1 N–H and O–H groups in total. The van der Waals surface area contributed by atoms with Crippen molar-refractivity contribution in [3.05, 3.63) is 24.8 Å². The van der Waals surface area contributed by atoms with Gasteiger partial charge in [0.15, 0.2) is 0 Å². The lowest BCUT2D eigenvalue weighted by molar-refractivity contribution is -0.153. The smallest absolute Gasteiger partial charge is 0.333 e. The Hall–Kier alpha value is -1.58. The van der Waals surface area contributed by atoms with Crippen molar-refractivity contribution < 1.29 is 19.4 Å². The molecular formula is C26H40O4. The standard InChI is InChI=1S/C23H36O2.C3H4O2/c1-14(17-12-15-8-10-22(17,6)20(15,2)3)19(24)25-18-13-16-9-11-23(18,7)21(16,4)5;1-2-3(4)5/h15-18H,1,8-13H2,2-7H3;2H,1H2,(H,4,5)/t15-,16-,17?,18?,22-,23-;/m1./s1. The number of esters is 1. The van der Waals surface area contributed by atoms with Crippen LogP contribution in [0.2, 0.25) is 0 Å². The summed E-state index contributed by atoms with van der Waals surface area (Å²) in [4.78, 5) is 22.3. The lowest BCUT2D eigenvalue weighted by Crippen LogP contribution is -2.40. The van der Waals surface area contributed by atoms with Gasteiger partial charge in [0, 0.05) is 17.1 Å². The van der Waals surface area contributed by atoms with Crippen molar-refractivity contribution >= 4 is 11.9 Å². The quantitative estimate of drug-likeness (QED) is 0.449. The largest absolute Gasteiger partial charge is 0.478 e. The molecule has 0 aliphatic heterocycles. The second-order valence-corrected chi connectivity index (χ2v) is 11.7. The zero-order valence-electron chi connectivity index (χ0n) is 19.7. The molecule has 0 aromatic carbocycles. The molecule has 4 nitrogen and oxygen atoms in total. The van der Waals surface area contributed by atoms with Crippen molar-refractivity contribution in [1.82, 2.24) is 0 Å². The van der Waals surface area contributed by atoms with Gasteiger partial charge in [0.1, 0.15) is 6.10 Å². The first-order valence-corrected chi connectivity index (χ1v) is 11.5. The van der Waals surface area contributed by atoms with Crippen LogP contribution in [0.4, 0.5) is 0 Å². The Morgan fingerprint density at radius 2 is 1.40 bits per heavy atom. The van der Waals surface area contributed by atoms with Crippen LogP contribution in [-0.2, 0) is 14.3 Å². The number of ether oxygens (including phenoxy) is 1. The minimum absolute atomic E-state index is 0.0740. The third-order valence-corrected chi connectivity index (χ3v) is 10.6. The van der Waals surface area contributed by atoms with Crippen LogP contribution in [0.15, 0.2) is 24.8 Å². The van der Waals surface area contributed by atoms with Crippen molar-refractivity contribution in [2.75, 3.05) is 0 Å². The Labute approximate surface area is 182 Å². The number of hydrogen-bond donors (Lipinski definition) is 1. The molecule has 2 unspecified atom stereocenters. The fourth-order valence-electron chi connectivity index (χ4n) is 7.39. The summed E-state index contributed by atoms with van der Waals surface area (Å²) in [7, 11) is 0. The van der Waals surface area contributed by atoms with Crippen LogP contribution in [0.25, 0.3) is 0 Å². The summed E-state index contributed by atoms with van der Waals surface area (Å²) in [5.74, 6) is 0.635. The Bertz CT molecular complexity index is 763. The van der Waals surface area contributed by atoms with E-state index in [1.165, 1.54) is 25.7 Å². The predicted octanol–water partition coefficient (Wildman–Crippen LogP) is 6.02. The maximum atomic E-state index is 13.0. The number of aliphatic carboxylic acids is 1. The van der Waals surface area contributed by atoms with Gasteiger partial charge in [-0.2, -0.15) is 0 Å². The van der Waals surface area contributed by atoms with E-state index in [0.29, 0.717) is 17.3 Å². The number of carboxylic acids is 1. The first-order valence-electron chi connectivity index (χ1n) is 11.5. The van der Waals surface area contributed by atoms with E-state index >= 15 is 0 Å². The third kappa shape index (κ3) is 3.08. The van der Waals surface area contributed by atoms with Crippen molar-refractivity contribution in [3.63, 3.8) is 0 Å². The Morgan fingerprint density at radius 1 is 0.933 bits per heavy atom. The van der Waals surface area contributed by atoms with Crippen molar-refractivity contribution in [2.24, 2.45) is 39.4 Å². The summed E-state index contributed by atoms with van der Waals surface area (Å²) in [6.07, 6.45) is 8.06. The average Bonchev–Trinajstić information content (AvgIpc) is 3.19. The van der Waals surface area contributed by atoms with Crippen LogP contribution in [0, 0.1) is 39.4 Å². The van der Waals surface area contributed by atoms with Crippen LogP contribution in [0.3, 0.4) is 0 Å². The topological polar surface area (TPSA) is 63.6 Å². The lowest BCUT2D eigenvalue weighted by Gasteiger charge is -2.41. The van der Waals surface area contributed by atoms with E-state index in [4.69, 9.17) is 9.84 Å². The van der Waals surface area contributed by atoms with Gasteiger partial charge in [0.05, 0.1) is 0 Å². The van der Waals surface area contributed by atoms with E-state index in [1.54, 1.807) is 0 Å². The average molecular weight is 417 g/mol. The summed E-state index contributed by atoms with van der Waals surface area (Å²) < 4.78 is 6.14. The van der Waals surface area contributed by atoms with Crippen LogP contribution in [-0.4, -0.2) is 23.1 Å². The lowest BCUT2D eigenvalue weighted by atomic mass is 9.65. The molecule has 0 saturated heterocycles. The van der Waals surface area contributed by atoms with Crippen molar-refractivity contribution in [3.8, 4) is 0 Å². The number of rotatable bonds is 4. The fourth-order valence-corrected chi connectivity index (χ4v) is 7.39. The normalized spacial score (nSPS) is 41.7. The minimum atomic E-state index is -0.981. The van der Waals surface area contributed by atoms with E-state index in [0.717, 1.165) is 30.4 Å². The molecule has 4 fully saturated rings. The van der Waals surface area contributed by atoms with Gasteiger partial charge in [-0.1, -0.05) is 54.7 Å². The van der Waals surface area contributed by atoms with Gasteiger partial charge in [-0.15, -0.1) is 0 Å². The van der Waals surface area contributed by atoms with Crippen LogP contribution >= 0.6 is 0 Å². The van der Waals surface area contributed by atoms with Gasteiger partial charge < -0.3 is 9.84 Å². The highest BCUT2D eigenvalue weighted by Gasteiger charge is 2.64. The second-order valence-electron chi connectivity index (χ2n) is 11.7. The third-order valence-electron chi connectivity index (χ3n) is 10.6. The van der Waals surface area contributed by atoms with E-state index < -0.39 is 5.97 Å².